The second-order valence-corrected chi connectivity index (χ2v) is 6.14. The minimum atomic E-state index is -0.694. The van der Waals surface area contributed by atoms with Gasteiger partial charge in [0.25, 0.3) is 5.91 Å². The van der Waals surface area contributed by atoms with Crippen molar-refractivity contribution in [2.24, 2.45) is 0 Å². The second kappa shape index (κ2) is 8.61. The van der Waals surface area contributed by atoms with Crippen LogP contribution in [-0.4, -0.2) is 30.8 Å². The molecule has 24 heavy (non-hydrogen) atoms. The molecule has 0 unspecified atom stereocenters. The summed E-state index contributed by atoms with van der Waals surface area (Å²) in [4.78, 5) is 35.3. The van der Waals surface area contributed by atoms with Gasteiger partial charge in [0.05, 0.1) is 0 Å². The lowest BCUT2D eigenvalue weighted by Gasteiger charge is -2.06. The van der Waals surface area contributed by atoms with Crippen molar-refractivity contribution in [2.75, 3.05) is 13.2 Å². The van der Waals surface area contributed by atoms with E-state index < -0.39 is 11.9 Å². The summed E-state index contributed by atoms with van der Waals surface area (Å²) in [5, 5.41) is 2.93. The van der Waals surface area contributed by atoms with Crippen molar-refractivity contribution in [3.8, 4) is 0 Å². The van der Waals surface area contributed by atoms with Crippen LogP contribution in [0.1, 0.15) is 20.7 Å². The third-order valence-electron chi connectivity index (χ3n) is 3.01. The fraction of sp³-hybridized carbons (Fsp3) is 0.118. The van der Waals surface area contributed by atoms with E-state index in [9.17, 15) is 14.4 Å². The second-order valence-electron chi connectivity index (χ2n) is 4.78. The van der Waals surface area contributed by atoms with Crippen LogP contribution < -0.4 is 5.32 Å². The molecular weight excluding hydrogens is 398 g/mol. The Bertz CT molecular complexity index is 761. The van der Waals surface area contributed by atoms with Gasteiger partial charge in [-0.25, -0.2) is 0 Å². The zero-order valence-corrected chi connectivity index (χ0v) is 14.8. The van der Waals surface area contributed by atoms with E-state index in [-0.39, 0.29) is 18.9 Å². The Hall–Kier alpha value is -2.18. The number of amides is 1. The maximum absolute atomic E-state index is 11.9. The summed E-state index contributed by atoms with van der Waals surface area (Å²) in [5.74, 6) is -1.45. The van der Waals surface area contributed by atoms with Gasteiger partial charge in [-0.3, -0.25) is 14.4 Å². The summed E-state index contributed by atoms with van der Waals surface area (Å²) in [5.41, 5.74) is 0.805. The molecular formula is C17H13BrClNO4. The molecule has 0 bridgehead atoms. The number of esters is 1. The van der Waals surface area contributed by atoms with Crippen molar-refractivity contribution < 1.29 is 19.1 Å². The molecule has 124 valence electrons. The topological polar surface area (TPSA) is 72.5 Å². The molecule has 0 radical (unpaired) electrons. The van der Waals surface area contributed by atoms with E-state index in [0.717, 1.165) is 4.47 Å². The Balaban J connectivity index is 1.78. The van der Waals surface area contributed by atoms with Crippen molar-refractivity contribution in [3.63, 3.8) is 0 Å². The van der Waals surface area contributed by atoms with Crippen LogP contribution in [0.4, 0.5) is 0 Å². The predicted octanol–water partition coefficient (Wildman–Crippen LogP) is 3.26. The number of ketones is 1. The number of carbonyl (C=O) groups excluding carboxylic acids is 3. The number of rotatable bonds is 6. The molecule has 7 heteroatoms. The Labute approximate surface area is 152 Å². The van der Waals surface area contributed by atoms with Gasteiger partial charge in [0.15, 0.2) is 12.4 Å². The Morgan fingerprint density at radius 1 is 1.04 bits per heavy atom. The molecule has 0 fully saturated rings. The van der Waals surface area contributed by atoms with E-state index in [0.29, 0.717) is 16.1 Å². The molecule has 0 aliphatic heterocycles. The highest BCUT2D eigenvalue weighted by atomic mass is 79.9. The Kier molecular flexibility index (Phi) is 6.52. The third kappa shape index (κ3) is 5.47. The van der Waals surface area contributed by atoms with Crippen LogP contribution in [0.5, 0.6) is 0 Å². The number of hydrogen-bond donors (Lipinski definition) is 1. The average Bonchev–Trinajstić information content (AvgIpc) is 2.58. The van der Waals surface area contributed by atoms with Crippen LogP contribution in [-0.2, 0) is 9.53 Å². The molecule has 0 atom stereocenters. The van der Waals surface area contributed by atoms with Crippen molar-refractivity contribution in [1.82, 2.24) is 5.32 Å². The van der Waals surface area contributed by atoms with E-state index in [2.05, 4.69) is 21.2 Å². The smallest absolute Gasteiger partial charge is 0.325 e. The van der Waals surface area contributed by atoms with Crippen LogP contribution in [0.15, 0.2) is 53.0 Å². The summed E-state index contributed by atoms with van der Waals surface area (Å²) < 4.78 is 5.62. The van der Waals surface area contributed by atoms with Crippen molar-refractivity contribution in [1.29, 1.82) is 0 Å². The minimum absolute atomic E-state index is 0.325. The van der Waals surface area contributed by atoms with Crippen molar-refractivity contribution in [3.05, 3.63) is 69.2 Å². The first kappa shape index (κ1) is 18.2. The molecule has 0 aromatic heterocycles. The lowest BCUT2D eigenvalue weighted by Crippen LogP contribution is -2.31. The molecule has 2 aromatic rings. The molecule has 5 nitrogen and oxygen atoms in total. The van der Waals surface area contributed by atoms with Crippen LogP contribution in [0.2, 0.25) is 5.02 Å². The highest BCUT2D eigenvalue weighted by molar-refractivity contribution is 9.10. The largest absolute Gasteiger partial charge is 0.456 e. The van der Waals surface area contributed by atoms with Gasteiger partial charge in [-0.15, -0.1) is 0 Å². The summed E-state index contributed by atoms with van der Waals surface area (Å²) in [6.45, 7) is -0.709. The van der Waals surface area contributed by atoms with E-state index in [1.54, 1.807) is 48.5 Å². The summed E-state index contributed by atoms with van der Waals surface area (Å²) in [6.07, 6.45) is 0. The molecule has 2 rings (SSSR count). The molecule has 0 aliphatic carbocycles. The average molecular weight is 411 g/mol. The van der Waals surface area contributed by atoms with E-state index in [4.69, 9.17) is 16.3 Å². The number of hydrogen-bond acceptors (Lipinski definition) is 4. The highest BCUT2D eigenvalue weighted by Crippen LogP contribution is 2.12. The first-order chi connectivity index (χ1) is 11.5. The van der Waals surface area contributed by atoms with Crippen LogP contribution in [0, 0.1) is 0 Å². The van der Waals surface area contributed by atoms with E-state index in [1.165, 1.54) is 0 Å². The van der Waals surface area contributed by atoms with Crippen molar-refractivity contribution >= 4 is 45.2 Å². The third-order valence-corrected chi connectivity index (χ3v) is 3.76. The van der Waals surface area contributed by atoms with Gasteiger partial charge in [-0.05, 0) is 36.4 Å². The molecule has 2 aromatic carbocycles. The minimum Gasteiger partial charge on any atom is -0.456 e. The fourth-order valence-corrected chi connectivity index (χ4v) is 2.32. The number of nitrogens with one attached hydrogen (secondary N) is 1. The molecule has 0 saturated heterocycles. The summed E-state index contributed by atoms with van der Waals surface area (Å²) in [6, 6.07) is 13.0. The zero-order chi connectivity index (χ0) is 17.5. The lowest BCUT2D eigenvalue weighted by molar-refractivity contribution is -0.141. The first-order valence-electron chi connectivity index (χ1n) is 6.94. The Morgan fingerprint density at radius 3 is 2.42 bits per heavy atom. The monoisotopic (exact) mass is 409 g/mol. The molecule has 0 aliphatic rings. The van der Waals surface area contributed by atoms with Gasteiger partial charge in [-0.2, -0.15) is 0 Å². The quantitative estimate of drug-likeness (QED) is 0.586. The van der Waals surface area contributed by atoms with Crippen molar-refractivity contribution in [2.45, 2.75) is 0 Å². The zero-order valence-electron chi connectivity index (χ0n) is 12.4. The van der Waals surface area contributed by atoms with Gasteiger partial charge in [0, 0.05) is 20.6 Å². The molecule has 1 amide bonds. The number of carbonyl (C=O) groups is 3. The lowest BCUT2D eigenvalue weighted by atomic mass is 10.1. The fourth-order valence-electron chi connectivity index (χ4n) is 1.80. The predicted molar refractivity (Wildman–Crippen MR) is 93.2 cm³/mol. The standard InChI is InChI=1S/C17H13BrClNO4/c18-13-3-1-2-12(8-13)15(21)10-24-16(22)9-20-17(23)11-4-6-14(19)7-5-11/h1-8H,9-10H2,(H,20,23). The van der Waals surface area contributed by atoms with Gasteiger partial charge in [0.1, 0.15) is 6.54 Å². The highest BCUT2D eigenvalue weighted by Gasteiger charge is 2.12. The SMILES string of the molecule is O=C(CNC(=O)c1ccc(Cl)cc1)OCC(=O)c1cccc(Br)c1. The van der Waals surface area contributed by atoms with Crippen LogP contribution in [0.3, 0.4) is 0 Å². The summed E-state index contributed by atoms with van der Waals surface area (Å²) >= 11 is 9.00. The normalized spacial score (nSPS) is 10.1. The molecule has 0 saturated carbocycles. The first-order valence-corrected chi connectivity index (χ1v) is 8.11. The van der Waals surface area contributed by atoms with Gasteiger partial charge in [-0.1, -0.05) is 39.7 Å². The van der Waals surface area contributed by atoms with E-state index >= 15 is 0 Å². The van der Waals surface area contributed by atoms with Crippen LogP contribution in [0.25, 0.3) is 0 Å². The van der Waals surface area contributed by atoms with Crippen LogP contribution >= 0.6 is 27.5 Å². The van der Waals surface area contributed by atoms with E-state index in [1.807, 2.05) is 0 Å². The number of halogens is 2. The number of Topliss-reactive ketones (excluding diaryl/α,β-unsaturated/α-hetero) is 1. The molecule has 0 heterocycles. The number of benzene rings is 2. The van der Waals surface area contributed by atoms with Gasteiger partial charge < -0.3 is 10.1 Å². The Morgan fingerprint density at radius 2 is 1.75 bits per heavy atom. The van der Waals surface area contributed by atoms with Gasteiger partial charge >= 0.3 is 5.97 Å². The number of ether oxygens (including phenoxy) is 1. The maximum atomic E-state index is 11.9. The summed E-state index contributed by atoms with van der Waals surface area (Å²) in [7, 11) is 0. The maximum Gasteiger partial charge on any atom is 0.325 e. The molecule has 0 spiro atoms. The van der Waals surface area contributed by atoms with Gasteiger partial charge in [0.2, 0.25) is 0 Å². The molecule has 1 N–H and O–H groups in total.